The second-order valence-electron chi connectivity index (χ2n) is 4.95. The summed E-state index contributed by atoms with van der Waals surface area (Å²) in [7, 11) is 0. The maximum atomic E-state index is 4.74. The van der Waals surface area contributed by atoms with Gasteiger partial charge in [0.2, 0.25) is 0 Å². The van der Waals surface area contributed by atoms with Crippen molar-refractivity contribution < 1.29 is 0 Å². The van der Waals surface area contributed by atoms with Crippen LogP contribution in [0.2, 0.25) is 0 Å². The topological polar surface area (TPSA) is 24.9 Å². The number of benzene rings is 1. The Balaban J connectivity index is 2.55. The molecule has 3 heteroatoms. The number of halogens is 1. The van der Waals surface area contributed by atoms with Crippen molar-refractivity contribution in [2.75, 3.05) is 11.9 Å². The molecule has 0 aliphatic carbocycles. The Kier molecular flexibility index (Phi) is 4.23. The van der Waals surface area contributed by atoms with Crippen molar-refractivity contribution in [1.82, 2.24) is 4.98 Å². The lowest BCUT2D eigenvalue weighted by molar-refractivity contribution is 0.637. The van der Waals surface area contributed by atoms with Crippen molar-refractivity contribution in [3.8, 4) is 0 Å². The van der Waals surface area contributed by atoms with Crippen LogP contribution in [-0.4, -0.2) is 11.5 Å². The van der Waals surface area contributed by atoms with Gasteiger partial charge in [0.05, 0.1) is 5.52 Å². The molecule has 1 N–H and O–H groups in total. The summed E-state index contributed by atoms with van der Waals surface area (Å²) in [5.74, 6) is 0.625. The van der Waals surface area contributed by atoms with E-state index in [-0.39, 0.29) is 0 Å². The van der Waals surface area contributed by atoms with Crippen LogP contribution in [0.3, 0.4) is 0 Å². The summed E-state index contributed by atoms with van der Waals surface area (Å²) in [6.45, 7) is 7.49. The molecule has 0 bridgehead atoms. The fraction of sp³-hybridized carbons (Fsp3) is 0.400. The zero-order valence-corrected chi connectivity index (χ0v) is 12.7. The highest BCUT2D eigenvalue weighted by molar-refractivity contribution is 9.10. The van der Waals surface area contributed by atoms with Crippen molar-refractivity contribution in [3.05, 3.63) is 34.4 Å². The van der Waals surface area contributed by atoms with E-state index in [2.05, 4.69) is 60.2 Å². The van der Waals surface area contributed by atoms with Gasteiger partial charge in [-0.25, -0.2) is 0 Å². The molecule has 0 spiro atoms. The van der Waals surface area contributed by atoms with Crippen molar-refractivity contribution in [1.29, 1.82) is 0 Å². The van der Waals surface area contributed by atoms with Crippen LogP contribution in [-0.2, 0) is 6.42 Å². The number of nitrogens with zero attached hydrogens (tertiary/aromatic N) is 1. The number of fused-ring (bicyclic) bond motifs is 1. The predicted molar refractivity (Wildman–Crippen MR) is 82.1 cm³/mol. The van der Waals surface area contributed by atoms with Crippen LogP contribution in [0, 0.1) is 5.92 Å². The van der Waals surface area contributed by atoms with Crippen LogP contribution >= 0.6 is 15.9 Å². The molecule has 0 unspecified atom stereocenters. The number of nitrogens with one attached hydrogen (secondary N) is 1. The van der Waals surface area contributed by atoms with Crippen LogP contribution in [0.1, 0.15) is 26.5 Å². The molecule has 0 saturated heterocycles. The summed E-state index contributed by atoms with van der Waals surface area (Å²) >= 11 is 3.52. The quantitative estimate of drug-likeness (QED) is 0.891. The Hall–Kier alpha value is -1.09. The average molecular weight is 307 g/mol. The molecule has 2 nitrogen and oxygen atoms in total. The third-order valence-corrected chi connectivity index (χ3v) is 3.30. The van der Waals surface area contributed by atoms with Gasteiger partial charge in [-0.05, 0) is 43.5 Å². The Bertz CT molecular complexity index is 549. The van der Waals surface area contributed by atoms with E-state index in [4.69, 9.17) is 4.98 Å². The molecule has 1 aromatic carbocycles. The van der Waals surface area contributed by atoms with Gasteiger partial charge in [-0.15, -0.1) is 0 Å². The Morgan fingerprint density at radius 3 is 2.72 bits per heavy atom. The van der Waals surface area contributed by atoms with E-state index in [1.165, 1.54) is 11.1 Å². The van der Waals surface area contributed by atoms with Crippen molar-refractivity contribution in [2.45, 2.75) is 27.2 Å². The fourth-order valence-electron chi connectivity index (χ4n) is 2.11. The lowest BCUT2D eigenvalue weighted by Crippen LogP contribution is -2.03. The molecule has 0 fully saturated rings. The normalized spacial score (nSPS) is 11.2. The van der Waals surface area contributed by atoms with Gasteiger partial charge in [0.15, 0.2) is 0 Å². The van der Waals surface area contributed by atoms with Gasteiger partial charge in [-0.3, -0.25) is 4.98 Å². The number of hydrogen-bond donors (Lipinski definition) is 1. The molecule has 0 atom stereocenters. The first kappa shape index (κ1) is 13.3. The first-order chi connectivity index (χ1) is 8.60. The highest BCUT2D eigenvalue weighted by Crippen LogP contribution is 2.27. The Morgan fingerprint density at radius 1 is 1.28 bits per heavy atom. The molecule has 0 saturated carbocycles. The Labute approximate surface area is 117 Å². The lowest BCUT2D eigenvalue weighted by Gasteiger charge is -2.12. The van der Waals surface area contributed by atoms with Gasteiger partial charge in [-0.2, -0.15) is 0 Å². The first-order valence-electron chi connectivity index (χ1n) is 6.43. The number of aromatic nitrogens is 1. The standard InChI is InChI=1S/C15H19BrN2/c1-4-17-15-9-12(7-10(2)3)18-14-6-5-11(16)8-13(14)15/h5-6,8-10H,4,7H2,1-3H3,(H,17,18). The third-order valence-electron chi connectivity index (χ3n) is 2.81. The van der Waals surface area contributed by atoms with E-state index < -0.39 is 0 Å². The molecular weight excluding hydrogens is 288 g/mol. The second-order valence-corrected chi connectivity index (χ2v) is 5.87. The average Bonchev–Trinajstić information content (AvgIpc) is 2.29. The molecule has 96 valence electrons. The van der Waals surface area contributed by atoms with Crippen LogP contribution < -0.4 is 5.32 Å². The number of rotatable bonds is 4. The van der Waals surface area contributed by atoms with Gasteiger partial charge in [-0.1, -0.05) is 29.8 Å². The second kappa shape index (κ2) is 5.70. The van der Waals surface area contributed by atoms with E-state index in [1.54, 1.807) is 0 Å². The monoisotopic (exact) mass is 306 g/mol. The number of hydrogen-bond acceptors (Lipinski definition) is 2. The van der Waals surface area contributed by atoms with Crippen molar-refractivity contribution in [2.24, 2.45) is 5.92 Å². The zero-order valence-electron chi connectivity index (χ0n) is 11.1. The van der Waals surface area contributed by atoms with Crippen LogP contribution in [0.25, 0.3) is 10.9 Å². The summed E-state index contributed by atoms with van der Waals surface area (Å²) in [4.78, 5) is 4.74. The maximum Gasteiger partial charge on any atom is 0.0726 e. The number of anilines is 1. The first-order valence-corrected chi connectivity index (χ1v) is 7.22. The molecule has 2 rings (SSSR count). The van der Waals surface area contributed by atoms with Gasteiger partial charge in [0.1, 0.15) is 0 Å². The predicted octanol–water partition coefficient (Wildman–Crippen LogP) is 4.63. The summed E-state index contributed by atoms with van der Waals surface area (Å²) in [5.41, 5.74) is 3.41. The SMILES string of the molecule is CCNc1cc(CC(C)C)nc2ccc(Br)cc12. The van der Waals surface area contributed by atoms with Crippen LogP contribution in [0.5, 0.6) is 0 Å². The van der Waals surface area contributed by atoms with E-state index in [1.807, 2.05) is 6.07 Å². The maximum absolute atomic E-state index is 4.74. The van der Waals surface area contributed by atoms with E-state index in [9.17, 15) is 0 Å². The molecule has 0 aliphatic rings. The minimum atomic E-state index is 0.625. The molecule has 0 aliphatic heterocycles. The van der Waals surface area contributed by atoms with Gasteiger partial charge < -0.3 is 5.32 Å². The Morgan fingerprint density at radius 2 is 2.06 bits per heavy atom. The molecule has 0 amide bonds. The van der Waals surface area contributed by atoms with Crippen molar-refractivity contribution in [3.63, 3.8) is 0 Å². The molecule has 18 heavy (non-hydrogen) atoms. The highest BCUT2D eigenvalue weighted by atomic mass is 79.9. The van der Waals surface area contributed by atoms with E-state index in [0.29, 0.717) is 5.92 Å². The smallest absolute Gasteiger partial charge is 0.0726 e. The minimum Gasteiger partial charge on any atom is -0.385 e. The largest absolute Gasteiger partial charge is 0.385 e. The van der Waals surface area contributed by atoms with Crippen molar-refractivity contribution >= 4 is 32.5 Å². The highest BCUT2D eigenvalue weighted by Gasteiger charge is 2.07. The molecule has 1 aromatic heterocycles. The summed E-state index contributed by atoms with van der Waals surface area (Å²) in [5, 5.41) is 4.61. The van der Waals surface area contributed by atoms with Crippen LogP contribution in [0.15, 0.2) is 28.7 Å². The molecule has 2 aromatic rings. The number of pyridine rings is 1. The van der Waals surface area contributed by atoms with Gasteiger partial charge in [0.25, 0.3) is 0 Å². The summed E-state index contributed by atoms with van der Waals surface area (Å²) in [6, 6.07) is 8.42. The van der Waals surface area contributed by atoms with E-state index >= 15 is 0 Å². The third kappa shape index (κ3) is 3.02. The lowest BCUT2D eigenvalue weighted by atomic mass is 10.1. The summed E-state index contributed by atoms with van der Waals surface area (Å²) in [6.07, 6.45) is 1.02. The minimum absolute atomic E-state index is 0.625. The molecule has 1 heterocycles. The van der Waals surface area contributed by atoms with E-state index in [0.717, 1.165) is 28.6 Å². The van der Waals surface area contributed by atoms with Gasteiger partial charge in [0, 0.05) is 27.8 Å². The fourth-order valence-corrected chi connectivity index (χ4v) is 2.47. The summed E-state index contributed by atoms with van der Waals surface area (Å²) < 4.78 is 1.09. The zero-order chi connectivity index (χ0) is 13.1. The molecule has 0 radical (unpaired) electrons. The van der Waals surface area contributed by atoms with Crippen LogP contribution in [0.4, 0.5) is 5.69 Å². The van der Waals surface area contributed by atoms with Gasteiger partial charge >= 0.3 is 0 Å². The molecular formula is C15H19BrN2.